The predicted octanol–water partition coefficient (Wildman–Crippen LogP) is 1.93. The van der Waals surface area contributed by atoms with Crippen LogP contribution in [0.5, 0.6) is 0 Å². The van der Waals surface area contributed by atoms with E-state index >= 15 is 0 Å². The fourth-order valence-electron chi connectivity index (χ4n) is 3.39. The average Bonchev–Trinajstić information content (AvgIpc) is 3.05. The first-order valence-electron chi connectivity index (χ1n) is 8.00. The Morgan fingerprint density at radius 3 is 2.35 bits per heavy atom. The van der Waals surface area contributed by atoms with Crippen molar-refractivity contribution < 1.29 is 20.7 Å². The van der Waals surface area contributed by atoms with Crippen LogP contribution in [0.3, 0.4) is 0 Å². The van der Waals surface area contributed by atoms with Gasteiger partial charge in [0.2, 0.25) is 0 Å². The van der Waals surface area contributed by atoms with E-state index in [1.54, 1.807) is 0 Å². The number of hydrogen-bond donors (Lipinski definition) is 1. The van der Waals surface area contributed by atoms with Gasteiger partial charge in [0.25, 0.3) is 0 Å². The molecule has 2 bridgehead atoms. The Morgan fingerprint density at radius 1 is 1.05 bits per heavy atom. The minimum atomic E-state index is -3.04. The first kappa shape index (κ1) is 15.5. The third-order valence-corrected chi connectivity index (χ3v) is 14.9. The maximum absolute atomic E-state index is 10.4. The van der Waals surface area contributed by atoms with Crippen molar-refractivity contribution in [1.29, 1.82) is 0 Å². The molecular weight excluding hydrogens is 367 g/mol. The van der Waals surface area contributed by atoms with Crippen LogP contribution in [0.2, 0.25) is 8.87 Å². The molecule has 20 heavy (non-hydrogen) atoms. The summed E-state index contributed by atoms with van der Waals surface area (Å²) in [6.07, 6.45) is 3.07. The maximum atomic E-state index is 10.4. The van der Waals surface area contributed by atoms with E-state index in [4.69, 9.17) is 15.6 Å². The number of aliphatic hydroxyl groups excluding tert-OH is 1. The molecule has 3 fully saturated rings. The van der Waals surface area contributed by atoms with Crippen LogP contribution in [0.15, 0.2) is 0 Å². The molecule has 3 aliphatic rings. The molecule has 5 atom stereocenters. The third-order valence-electron chi connectivity index (χ3n) is 4.57. The number of ether oxygens (including phenoxy) is 2. The molecule has 5 nitrogen and oxygen atoms in total. The number of fused-ring (bicyclic) bond motifs is 4. The molecular formula is C14H26O5Sn. The molecule has 6 heteroatoms. The summed E-state index contributed by atoms with van der Waals surface area (Å²) in [6.45, 7) is 4.85. The van der Waals surface area contributed by atoms with E-state index < -0.39 is 25.3 Å². The summed E-state index contributed by atoms with van der Waals surface area (Å²) in [5.74, 6) is 0. The standard InChI is InChI=1S/C6H8O5.2C4H9.Sn/c7-3-2-1-10-6(11-2)5(9)4(3)8;2*1-3-4-2;/h2-7H,1H2;2*1,3-4H2,2H3;/q-2;;;+2/t2?,3-,4+,5-,6?;;;/m1.../s1. The second kappa shape index (κ2) is 6.38. The summed E-state index contributed by atoms with van der Waals surface area (Å²) < 4.78 is 26.3. The van der Waals surface area contributed by atoms with E-state index in [1.165, 1.54) is 0 Å². The van der Waals surface area contributed by atoms with Gasteiger partial charge in [0, 0.05) is 0 Å². The summed E-state index contributed by atoms with van der Waals surface area (Å²) in [6, 6.07) is 0. The molecule has 0 aromatic carbocycles. The van der Waals surface area contributed by atoms with Crippen molar-refractivity contribution in [2.45, 2.75) is 79.1 Å². The van der Waals surface area contributed by atoms with Crippen LogP contribution in [0, 0.1) is 0 Å². The topological polar surface area (TPSA) is 57.2 Å². The third kappa shape index (κ3) is 2.77. The fourth-order valence-corrected chi connectivity index (χ4v) is 15.0. The van der Waals surface area contributed by atoms with Crippen LogP contribution in [-0.2, 0) is 15.6 Å². The van der Waals surface area contributed by atoms with Gasteiger partial charge in [0.05, 0.1) is 0 Å². The van der Waals surface area contributed by atoms with Crippen molar-refractivity contribution in [3.05, 3.63) is 0 Å². The molecule has 0 saturated carbocycles. The molecule has 3 saturated heterocycles. The van der Waals surface area contributed by atoms with E-state index in [0.717, 1.165) is 34.6 Å². The molecule has 0 radical (unpaired) electrons. The molecule has 0 amide bonds. The second-order valence-electron chi connectivity index (χ2n) is 6.15. The van der Waals surface area contributed by atoms with Gasteiger partial charge in [-0.2, -0.15) is 0 Å². The fraction of sp³-hybridized carbons (Fsp3) is 1.00. The summed E-state index contributed by atoms with van der Waals surface area (Å²) >= 11 is -3.04. The first-order valence-corrected chi connectivity index (χ1v) is 14.4. The molecule has 3 heterocycles. The SMILES string of the molecule is CCC[CH2][Sn]1([CH2]CCC)[O][C@H]2[C@H](O)C3COC(O3)[C@@H]2[O]1. The van der Waals surface area contributed by atoms with Crippen molar-refractivity contribution in [3.8, 4) is 0 Å². The van der Waals surface area contributed by atoms with Gasteiger partial charge in [0.15, 0.2) is 0 Å². The van der Waals surface area contributed by atoms with Crippen LogP contribution in [0.1, 0.15) is 39.5 Å². The first-order chi connectivity index (χ1) is 9.69. The number of aliphatic hydroxyl groups is 1. The van der Waals surface area contributed by atoms with Gasteiger partial charge in [-0.15, -0.1) is 0 Å². The van der Waals surface area contributed by atoms with E-state index in [1.807, 2.05) is 0 Å². The Labute approximate surface area is 125 Å². The van der Waals surface area contributed by atoms with Gasteiger partial charge >= 0.3 is 126 Å². The molecule has 0 spiro atoms. The number of unbranched alkanes of at least 4 members (excludes halogenated alkanes) is 2. The normalized spacial score (nSPS) is 41.9. The van der Waals surface area contributed by atoms with E-state index in [0.29, 0.717) is 6.61 Å². The van der Waals surface area contributed by atoms with E-state index in [2.05, 4.69) is 13.8 Å². The van der Waals surface area contributed by atoms with Crippen molar-refractivity contribution in [2.24, 2.45) is 0 Å². The molecule has 0 aromatic rings. The van der Waals surface area contributed by atoms with Crippen molar-refractivity contribution >= 4 is 19.2 Å². The summed E-state index contributed by atoms with van der Waals surface area (Å²) in [4.78, 5) is 0. The van der Waals surface area contributed by atoms with Gasteiger partial charge in [-0.05, 0) is 0 Å². The number of rotatable bonds is 6. The van der Waals surface area contributed by atoms with Crippen LogP contribution in [0.25, 0.3) is 0 Å². The Hall–Kier alpha value is 0.599. The van der Waals surface area contributed by atoms with Crippen molar-refractivity contribution in [2.75, 3.05) is 6.61 Å². The van der Waals surface area contributed by atoms with Crippen LogP contribution >= 0.6 is 0 Å². The van der Waals surface area contributed by atoms with Gasteiger partial charge in [-0.1, -0.05) is 0 Å². The monoisotopic (exact) mass is 394 g/mol. The van der Waals surface area contributed by atoms with Gasteiger partial charge < -0.3 is 0 Å². The Bertz CT molecular complexity index is 324. The molecule has 0 aromatic heterocycles. The molecule has 116 valence electrons. The zero-order chi connectivity index (χ0) is 14.2. The molecule has 3 rings (SSSR count). The Kier molecular flexibility index (Phi) is 4.94. The van der Waals surface area contributed by atoms with E-state index in [9.17, 15) is 5.11 Å². The van der Waals surface area contributed by atoms with Crippen molar-refractivity contribution in [3.63, 3.8) is 0 Å². The van der Waals surface area contributed by atoms with Crippen LogP contribution in [-0.4, -0.2) is 61.6 Å². The molecule has 1 N–H and O–H groups in total. The zero-order valence-electron chi connectivity index (χ0n) is 12.4. The van der Waals surface area contributed by atoms with Gasteiger partial charge in [-0.25, -0.2) is 0 Å². The predicted molar refractivity (Wildman–Crippen MR) is 75.5 cm³/mol. The van der Waals surface area contributed by atoms with Gasteiger partial charge in [0.1, 0.15) is 0 Å². The Morgan fingerprint density at radius 2 is 1.70 bits per heavy atom. The van der Waals surface area contributed by atoms with Gasteiger partial charge in [-0.3, -0.25) is 0 Å². The molecule has 0 aliphatic carbocycles. The van der Waals surface area contributed by atoms with Crippen LogP contribution in [0.4, 0.5) is 0 Å². The summed E-state index contributed by atoms with van der Waals surface area (Å²) in [5, 5.41) is 10.4. The zero-order valence-corrected chi connectivity index (χ0v) is 15.3. The quantitative estimate of drug-likeness (QED) is 0.700. The minimum absolute atomic E-state index is 0.201. The summed E-state index contributed by atoms with van der Waals surface area (Å²) in [5.41, 5.74) is 0. The number of hydrogen-bond acceptors (Lipinski definition) is 5. The average molecular weight is 393 g/mol. The summed E-state index contributed by atoms with van der Waals surface area (Å²) in [7, 11) is 0. The Balaban J connectivity index is 1.74. The van der Waals surface area contributed by atoms with Crippen molar-refractivity contribution in [1.82, 2.24) is 0 Å². The second-order valence-corrected chi connectivity index (χ2v) is 15.5. The van der Waals surface area contributed by atoms with E-state index in [-0.39, 0.29) is 24.6 Å². The molecule has 2 unspecified atom stereocenters. The molecule has 3 aliphatic heterocycles. The van der Waals surface area contributed by atoms with Crippen LogP contribution < -0.4 is 0 Å².